The van der Waals surface area contributed by atoms with Crippen LogP contribution in [0.1, 0.15) is 41.1 Å². The molecule has 8 nitrogen and oxygen atoms in total. The number of anilines is 1. The molecule has 6 rings (SSSR count). The number of fused-ring (bicyclic) bond motifs is 1. The van der Waals surface area contributed by atoms with Crippen LogP contribution in [0.25, 0.3) is 0 Å². The second-order valence-electron chi connectivity index (χ2n) is 11.7. The zero-order valence-corrected chi connectivity index (χ0v) is 25.0. The molecule has 3 aromatic carbocycles. The molecule has 3 aromatic rings. The number of piperidine rings is 1. The van der Waals surface area contributed by atoms with Crippen LogP contribution >= 0.6 is 0 Å². The highest BCUT2D eigenvalue weighted by atomic mass is 16.5. The average molecular weight is 586 g/mol. The molecule has 43 heavy (non-hydrogen) atoms. The minimum Gasteiger partial charge on any atom is -0.489 e. The number of hydrogen-bond acceptors (Lipinski definition) is 7. The number of nitrogens with zero attached hydrogens (tertiary/aromatic N) is 2. The van der Waals surface area contributed by atoms with E-state index in [9.17, 15) is 4.79 Å². The third-order valence-electron chi connectivity index (χ3n) is 8.69. The summed E-state index contributed by atoms with van der Waals surface area (Å²) in [5.41, 5.74) is 3.07. The molecular weight excluding hydrogens is 542 g/mol. The third-order valence-corrected chi connectivity index (χ3v) is 8.69. The van der Waals surface area contributed by atoms with Crippen molar-refractivity contribution in [2.45, 2.75) is 43.5 Å². The molecule has 0 bridgehead atoms. The molecule has 2 fully saturated rings. The van der Waals surface area contributed by atoms with Gasteiger partial charge >= 0.3 is 0 Å². The summed E-state index contributed by atoms with van der Waals surface area (Å²) in [6.45, 7) is 6.03. The van der Waals surface area contributed by atoms with Crippen LogP contribution in [0, 0.1) is 0 Å². The Kier molecular flexibility index (Phi) is 9.77. The maximum absolute atomic E-state index is 13.3. The van der Waals surface area contributed by atoms with Crippen molar-refractivity contribution in [1.82, 2.24) is 10.2 Å². The van der Waals surface area contributed by atoms with Gasteiger partial charge in [-0.05, 0) is 61.3 Å². The van der Waals surface area contributed by atoms with Crippen molar-refractivity contribution in [3.8, 4) is 11.5 Å². The van der Waals surface area contributed by atoms with E-state index in [4.69, 9.17) is 18.9 Å². The Morgan fingerprint density at radius 1 is 0.977 bits per heavy atom. The number of nitrogens with one attached hydrogen (secondary N) is 1. The van der Waals surface area contributed by atoms with Gasteiger partial charge in [-0.3, -0.25) is 4.79 Å². The third kappa shape index (κ3) is 7.32. The van der Waals surface area contributed by atoms with Gasteiger partial charge in [-0.2, -0.15) is 0 Å². The number of rotatable bonds is 11. The van der Waals surface area contributed by atoms with E-state index >= 15 is 0 Å². The molecule has 0 saturated carbocycles. The van der Waals surface area contributed by atoms with E-state index in [-0.39, 0.29) is 30.1 Å². The van der Waals surface area contributed by atoms with Crippen molar-refractivity contribution in [3.05, 3.63) is 90.0 Å². The molecule has 4 atom stereocenters. The maximum Gasteiger partial charge on any atom is 0.253 e. The quantitative estimate of drug-likeness (QED) is 0.326. The van der Waals surface area contributed by atoms with Crippen molar-refractivity contribution in [2.75, 3.05) is 64.5 Å². The van der Waals surface area contributed by atoms with Crippen LogP contribution in [0.15, 0.2) is 78.9 Å². The van der Waals surface area contributed by atoms with Crippen molar-refractivity contribution in [1.29, 1.82) is 0 Å². The predicted octanol–water partition coefficient (Wildman–Crippen LogP) is 4.75. The number of para-hydroxylation sites is 3. The van der Waals surface area contributed by atoms with Crippen LogP contribution in [0.2, 0.25) is 0 Å². The van der Waals surface area contributed by atoms with Crippen LogP contribution in [0.3, 0.4) is 0 Å². The fourth-order valence-corrected chi connectivity index (χ4v) is 6.45. The van der Waals surface area contributed by atoms with Gasteiger partial charge in [-0.25, -0.2) is 0 Å². The van der Waals surface area contributed by atoms with E-state index in [1.807, 2.05) is 59.5 Å². The van der Waals surface area contributed by atoms with Crippen molar-refractivity contribution in [3.63, 3.8) is 0 Å². The molecule has 228 valence electrons. The van der Waals surface area contributed by atoms with Gasteiger partial charge < -0.3 is 34.1 Å². The first-order valence-electron chi connectivity index (χ1n) is 15.6. The molecule has 3 heterocycles. The predicted molar refractivity (Wildman–Crippen MR) is 167 cm³/mol. The second kappa shape index (κ2) is 14.3. The van der Waals surface area contributed by atoms with E-state index in [0.717, 1.165) is 74.8 Å². The monoisotopic (exact) mass is 585 g/mol. The van der Waals surface area contributed by atoms with Crippen molar-refractivity contribution in [2.24, 2.45) is 0 Å². The number of carbonyl (C=O) groups excluding carboxylic acids is 1. The molecule has 3 aliphatic heterocycles. The van der Waals surface area contributed by atoms with Gasteiger partial charge in [0.1, 0.15) is 23.7 Å². The lowest BCUT2D eigenvalue weighted by molar-refractivity contribution is -0.0200. The molecule has 0 radical (unpaired) electrons. The van der Waals surface area contributed by atoms with Crippen molar-refractivity contribution < 1.29 is 23.7 Å². The van der Waals surface area contributed by atoms with E-state index in [0.29, 0.717) is 19.7 Å². The van der Waals surface area contributed by atoms with Gasteiger partial charge in [-0.1, -0.05) is 42.5 Å². The zero-order valence-electron chi connectivity index (χ0n) is 25.0. The summed E-state index contributed by atoms with van der Waals surface area (Å²) in [6, 6.07) is 26.2. The molecule has 3 aliphatic rings. The molecule has 1 N–H and O–H groups in total. The smallest absolute Gasteiger partial charge is 0.253 e. The van der Waals surface area contributed by atoms with Gasteiger partial charge in [0.2, 0.25) is 0 Å². The molecule has 4 unspecified atom stereocenters. The van der Waals surface area contributed by atoms with Crippen LogP contribution in [-0.2, 0) is 9.47 Å². The maximum atomic E-state index is 13.3. The SMILES string of the molecule is COCCCN1CC(COC2CNCCC2c2ccc(C(=O)N3CCC(Oc4ccccc4)C3)cc2)Oc2ccccc21. The van der Waals surface area contributed by atoms with Crippen LogP contribution in [0.5, 0.6) is 11.5 Å². The lowest BCUT2D eigenvalue weighted by Crippen LogP contribution is -2.46. The fraction of sp³-hybridized carbons (Fsp3) is 0.457. The minimum atomic E-state index is -0.0461. The highest BCUT2D eigenvalue weighted by molar-refractivity contribution is 5.94. The molecule has 2 saturated heterocycles. The molecular formula is C35H43N3O5. The molecule has 0 spiro atoms. The second-order valence-corrected chi connectivity index (χ2v) is 11.7. The topological polar surface area (TPSA) is 72.5 Å². The molecule has 8 heteroatoms. The number of ether oxygens (including phenoxy) is 4. The van der Waals surface area contributed by atoms with Gasteiger partial charge in [0.25, 0.3) is 5.91 Å². The summed E-state index contributed by atoms with van der Waals surface area (Å²) in [6.07, 6.45) is 2.80. The number of carbonyl (C=O) groups is 1. The van der Waals surface area contributed by atoms with E-state index in [1.54, 1.807) is 7.11 Å². The lowest BCUT2D eigenvalue weighted by atomic mass is 9.87. The summed E-state index contributed by atoms with van der Waals surface area (Å²) in [4.78, 5) is 17.6. The number of amides is 1. The van der Waals surface area contributed by atoms with Crippen LogP contribution in [-0.4, -0.2) is 88.7 Å². The number of methoxy groups -OCH3 is 1. The molecule has 1 amide bonds. The standard InChI is InChI=1S/C35H43N3O5/c1-40-21-7-19-37-24-30(43-33-11-6-5-10-32(33)37)25-41-34-22-36-18-16-31(34)26-12-14-27(15-13-26)35(39)38-20-17-29(23-38)42-28-8-3-2-4-9-28/h2-6,8-15,29-31,34,36H,7,16-25H2,1H3. The Morgan fingerprint density at radius 2 is 1.79 bits per heavy atom. The number of hydrogen-bond donors (Lipinski definition) is 1. The Bertz CT molecular complexity index is 1320. The number of benzene rings is 3. The zero-order chi connectivity index (χ0) is 29.4. The first-order valence-corrected chi connectivity index (χ1v) is 15.6. The minimum absolute atomic E-state index is 0.0253. The summed E-state index contributed by atoms with van der Waals surface area (Å²) in [5, 5.41) is 3.51. The summed E-state index contributed by atoms with van der Waals surface area (Å²) >= 11 is 0. The highest BCUT2D eigenvalue weighted by Crippen LogP contribution is 2.34. The summed E-state index contributed by atoms with van der Waals surface area (Å²) in [5.74, 6) is 2.08. The average Bonchev–Trinajstić information content (AvgIpc) is 3.52. The van der Waals surface area contributed by atoms with Gasteiger partial charge in [-0.15, -0.1) is 0 Å². The first-order chi connectivity index (χ1) is 21.2. The van der Waals surface area contributed by atoms with Crippen LogP contribution < -0.4 is 19.7 Å². The lowest BCUT2D eigenvalue weighted by Gasteiger charge is -2.38. The normalized spacial score (nSPS) is 23.5. The van der Waals surface area contributed by atoms with E-state index in [1.165, 1.54) is 5.56 Å². The van der Waals surface area contributed by atoms with Gasteiger partial charge in [0, 0.05) is 51.3 Å². The van der Waals surface area contributed by atoms with Gasteiger partial charge in [0.05, 0.1) is 31.5 Å². The Balaban J connectivity index is 1.04. The van der Waals surface area contributed by atoms with E-state index in [2.05, 4.69) is 34.5 Å². The molecule has 0 aliphatic carbocycles. The van der Waals surface area contributed by atoms with Crippen molar-refractivity contribution >= 4 is 11.6 Å². The van der Waals surface area contributed by atoms with E-state index < -0.39 is 0 Å². The number of likely N-dealkylation sites (tertiary alicyclic amines) is 1. The Labute approximate surface area is 254 Å². The Hall–Kier alpha value is -3.59. The largest absolute Gasteiger partial charge is 0.489 e. The first kappa shape index (κ1) is 29.5. The summed E-state index contributed by atoms with van der Waals surface area (Å²) in [7, 11) is 1.75. The van der Waals surface area contributed by atoms with Crippen LogP contribution in [0.4, 0.5) is 5.69 Å². The Morgan fingerprint density at radius 3 is 2.63 bits per heavy atom. The summed E-state index contributed by atoms with van der Waals surface area (Å²) < 4.78 is 24.3. The van der Waals surface area contributed by atoms with Gasteiger partial charge in [0.15, 0.2) is 0 Å². The molecule has 0 aromatic heterocycles. The highest BCUT2D eigenvalue weighted by Gasteiger charge is 2.32. The fourth-order valence-electron chi connectivity index (χ4n) is 6.45.